The molecule has 0 aliphatic rings. The van der Waals surface area contributed by atoms with Gasteiger partial charge in [-0.2, -0.15) is 0 Å². The molecule has 2 rings (SSSR count). The van der Waals surface area contributed by atoms with Crippen LogP contribution < -0.4 is 9.47 Å². The van der Waals surface area contributed by atoms with E-state index in [1.165, 1.54) is 0 Å². The van der Waals surface area contributed by atoms with Gasteiger partial charge in [0.2, 0.25) is 0 Å². The number of hydrogen-bond donors (Lipinski definition) is 0. The molecule has 0 amide bonds. The van der Waals surface area contributed by atoms with E-state index in [1.807, 2.05) is 37.3 Å². The number of ether oxygens (including phenoxy) is 4. The number of benzene rings is 1. The third-order valence-electron chi connectivity index (χ3n) is 3.30. The van der Waals surface area contributed by atoms with Gasteiger partial charge in [-0.15, -0.1) is 0 Å². The molecule has 1 heterocycles. The molecular formula is C18H21NO6. The second-order valence-corrected chi connectivity index (χ2v) is 5.10. The largest absolute Gasteiger partial charge is 0.515 e. The zero-order chi connectivity index (χ0) is 18.2. The van der Waals surface area contributed by atoms with Gasteiger partial charge >= 0.3 is 12.3 Å². The number of nitrogens with zero attached hydrogens (tertiary/aromatic N) is 1. The second kappa shape index (κ2) is 8.77. The van der Waals surface area contributed by atoms with Gasteiger partial charge in [0.05, 0.1) is 19.8 Å². The molecule has 25 heavy (non-hydrogen) atoms. The third kappa shape index (κ3) is 5.00. The molecule has 0 N–H and O–H groups in total. The number of carbonyl (C=O) groups excluding carboxylic acids is 2. The van der Waals surface area contributed by atoms with Gasteiger partial charge in [-0.3, -0.25) is 0 Å². The predicted molar refractivity (Wildman–Crippen MR) is 90.0 cm³/mol. The molecule has 7 heteroatoms. The van der Waals surface area contributed by atoms with Gasteiger partial charge in [0, 0.05) is 11.8 Å². The molecule has 0 saturated carbocycles. The van der Waals surface area contributed by atoms with Gasteiger partial charge in [-0.25, -0.2) is 9.59 Å². The first kappa shape index (κ1) is 18.4. The van der Waals surface area contributed by atoms with Crippen molar-refractivity contribution in [2.45, 2.75) is 27.3 Å². The van der Waals surface area contributed by atoms with E-state index in [4.69, 9.17) is 18.9 Å². The first-order chi connectivity index (χ1) is 12.0. The minimum absolute atomic E-state index is 0.0906. The number of aryl methyl sites for hydroxylation is 1. The van der Waals surface area contributed by atoms with E-state index in [2.05, 4.69) is 0 Å². The first-order valence-corrected chi connectivity index (χ1v) is 7.98. The first-order valence-electron chi connectivity index (χ1n) is 7.98. The van der Waals surface area contributed by atoms with E-state index in [-0.39, 0.29) is 24.8 Å². The molecule has 0 unspecified atom stereocenters. The summed E-state index contributed by atoms with van der Waals surface area (Å²) >= 11 is 0. The molecule has 7 nitrogen and oxygen atoms in total. The lowest BCUT2D eigenvalue weighted by Gasteiger charge is -2.12. The monoisotopic (exact) mass is 347 g/mol. The molecule has 134 valence electrons. The summed E-state index contributed by atoms with van der Waals surface area (Å²) in [5.41, 5.74) is 1.75. The zero-order valence-electron chi connectivity index (χ0n) is 14.5. The van der Waals surface area contributed by atoms with Crippen LogP contribution in [0.25, 0.3) is 0 Å². The van der Waals surface area contributed by atoms with Crippen molar-refractivity contribution in [3.8, 4) is 11.6 Å². The van der Waals surface area contributed by atoms with Crippen molar-refractivity contribution in [1.82, 2.24) is 4.57 Å². The summed E-state index contributed by atoms with van der Waals surface area (Å²) in [6, 6.07) is 11.2. The van der Waals surface area contributed by atoms with Crippen LogP contribution in [0, 0.1) is 6.92 Å². The number of rotatable bonds is 6. The molecule has 2 aromatic rings. The highest BCUT2D eigenvalue weighted by molar-refractivity contribution is 5.68. The highest BCUT2D eigenvalue weighted by Gasteiger charge is 2.22. The number of carbonyl (C=O) groups is 2. The van der Waals surface area contributed by atoms with E-state index >= 15 is 0 Å². The Kier molecular flexibility index (Phi) is 6.45. The fraction of sp³-hybridized carbons (Fsp3) is 0.333. The maximum atomic E-state index is 11.8. The highest BCUT2D eigenvalue weighted by atomic mass is 16.7. The van der Waals surface area contributed by atoms with Crippen molar-refractivity contribution in [1.29, 1.82) is 0 Å². The quantitative estimate of drug-likeness (QED) is 0.737. The Bertz CT molecular complexity index is 723. The summed E-state index contributed by atoms with van der Waals surface area (Å²) in [6.07, 6.45) is -1.74. The Morgan fingerprint density at radius 2 is 1.56 bits per heavy atom. The molecular weight excluding hydrogens is 326 g/mol. The van der Waals surface area contributed by atoms with Crippen molar-refractivity contribution in [2.75, 3.05) is 13.2 Å². The van der Waals surface area contributed by atoms with Crippen LogP contribution in [0.15, 0.2) is 36.4 Å². The predicted octanol–water partition coefficient (Wildman–Crippen LogP) is 3.92. The molecule has 0 atom stereocenters. The smallest absolute Gasteiger partial charge is 0.434 e. The molecule has 0 aliphatic carbocycles. The standard InChI is InChI=1S/C18H21NO6/c1-4-22-17(20)24-15-11-13(3)19(12-14-9-7-6-8-10-14)16(15)25-18(21)23-5-2/h6-11H,4-5,12H2,1-3H3. The van der Waals surface area contributed by atoms with Gasteiger partial charge in [0.1, 0.15) is 0 Å². The lowest BCUT2D eigenvalue weighted by molar-refractivity contribution is 0.0918. The minimum Gasteiger partial charge on any atom is -0.434 e. The van der Waals surface area contributed by atoms with E-state index < -0.39 is 12.3 Å². The van der Waals surface area contributed by atoms with E-state index in [1.54, 1.807) is 24.5 Å². The topological polar surface area (TPSA) is 76.0 Å². The Balaban J connectivity index is 2.33. The van der Waals surface area contributed by atoms with Crippen LogP contribution >= 0.6 is 0 Å². The van der Waals surface area contributed by atoms with Crippen molar-refractivity contribution < 1.29 is 28.5 Å². The Hall–Kier alpha value is -2.96. The number of aromatic nitrogens is 1. The van der Waals surface area contributed by atoms with Crippen molar-refractivity contribution in [2.24, 2.45) is 0 Å². The molecule has 1 aromatic heterocycles. The molecule has 0 spiro atoms. The Labute approximate surface area is 146 Å². The van der Waals surface area contributed by atoms with E-state index in [9.17, 15) is 9.59 Å². The summed E-state index contributed by atoms with van der Waals surface area (Å²) in [5, 5.41) is 0. The summed E-state index contributed by atoms with van der Waals surface area (Å²) in [6.45, 7) is 5.95. The molecule has 0 bridgehead atoms. The van der Waals surface area contributed by atoms with E-state index in [0.29, 0.717) is 6.54 Å². The molecule has 1 aromatic carbocycles. The van der Waals surface area contributed by atoms with Gasteiger partial charge in [0.15, 0.2) is 5.75 Å². The van der Waals surface area contributed by atoms with Gasteiger partial charge < -0.3 is 23.5 Å². The lowest BCUT2D eigenvalue weighted by Crippen LogP contribution is -2.16. The fourth-order valence-corrected chi connectivity index (χ4v) is 2.23. The average molecular weight is 347 g/mol. The van der Waals surface area contributed by atoms with Crippen LogP contribution in [0.4, 0.5) is 9.59 Å². The average Bonchev–Trinajstić information content (AvgIpc) is 2.84. The molecule has 0 fully saturated rings. The maximum absolute atomic E-state index is 11.8. The maximum Gasteiger partial charge on any atom is 0.515 e. The second-order valence-electron chi connectivity index (χ2n) is 5.10. The summed E-state index contributed by atoms with van der Waals surface area (Å²) in [5.74, 6) is 0.188. The third-order valence-corrected chi connectivity index (χ3v) is 3.30. The normalized spacial score (nSPS) is 10.2. The minimum atomic E-state index is -0.872. The van der Waals surface area contributed by atoms with E-state index in [0.717, 1.165) is 11.3 Å². The van der Waals surface area contributed by atoms with Crippen LogP contribution in [0.5, 0.6) is 11.6 Å². The SMILES string of the molecule is CCOC(=O)Oc1cc(C)n(Cc2ccccc2)c1OC(=O)OCC. The van der Waals surface area contributed by atoms with Gasteiger partial charge in [-0.05, 0) is 26.3 Å². The van der Waals surface area contributed by atoms with Crippen LogP contribution in [0.2, 0.25) is 0 Å². The van der Waals surface area contributed by atoms with Crippen molar-refractivity contribution in [3.63, 3.8) is 0 Å². The number of hydrogen-bond acceptors (Lipinski definition) is 6. The fourth-order valence-electron chi connectivity index (χ4n) is 2.23. The molecule has 0 aliphatic heterocycles. The lowest BCUT2D eigenvalue weighted by atomic mass is 10.2. The highest BCUT2D eigenvalue weighted by Crippen LogP contribution is 2.33. The van der Waals surface area contributed by atoms with Crippen LogP contribution in [0.1, 0.15) is 25.1 Å². The molecule has 0 saturated heterocycles. The Morgan fingerprint density at radius 1 is 0.960 bits per heavy atom. The summed E-state index contributed by atoms with van der Waals surface area (Å²) in [4.78, 5) is 23.4. The van der Waals surface area contributed by atoms with Gasteiger partial charge in [-0.1, -0.05) is 30.3 Å². The summed E-state index contributed by atoms with van der Waals surface area (Å²) < 4.78 is 21.7. The zero-order valence-corrected chi connectivity index (χ0v) is 14.5. The van der Waals surface area contributed by atoms with Crippen molar-refractivity contribution in [3.05, 3.63) is 47.7 Å². The van der Waals surface area contributed by atoms with Gasteiger partial charge in [0.25, 0.3) is 5.88 Å². The van der Waals surface area contributed by atoms with Crippen LogP contribution in [-0.4, -0.2) is 30.1 Å². The van der Waals surface area contributed by atoms with Crippen LogP contribution in [0.3, 0.4) is 0 Å². The Morgan fingerprint density at radius 3 is 2.16 bits per heavy atom. The summed E-state index contributed by atoms with van der Waals surface area (Å²) in [7, 11) is 0. The molecule has 0 radical (unpaired) electrons. The van der Waals surface area contributed by atoms with Crippen LogP contribution in [-0.2, 0) is 16.0 Å². The van der Waals surface area contributed by atoms with Crippen molar-refractivity contribution >= 4 is 12.3 Å².